The normalized spacial score (nSPS) is 11.6. The number of benzene rings is 3. The van der Waals surface area contributed by atoms with Gasteiger partial charge >= 0.3 is 0 Å². The lowest BCUT2D eigenvalue weighted by molar-refractivity contribution is -0.143. The van der Waals surface area contributed by atoms with Gasteiger partial charge in [-0.2, -0.15) is 0 Å². The molecule has 33 heavy (non-hydrogen) atoms. The highest BCUT2D eigenvalue weighted by Gasteiger charge is 2.31. The summed E-state index contributed by atoms with van der Waals surface area (Å²) in [4.78, 5) is 28.3. The number of hydrogen-bond donors (Lipinski definition) is 1. The summed E-state index contributed by atoms with van der Waals surface area (Å²) in [6.45, 7) is 3.98. The topological polar surface area (TPSA) is 58.6 Å². The van der Waals surface area contributed by atoms with Crippen LogP contribution in [0.2, 0.25) is 0 Å². The Hall–Kier alpha value is -3.12. The van der Waals surface area contributed by atoms with E-state index in [0.29, 0.717) is 18.7 Å². The van der Waals surface area contributed by atoms with E-state index in [9.17, 15) is 9.59 Å². The SMILES string of the molecule is CC(C)NC(=O)C(Cc1ccccc1)N(Cc1ccccc1)C(=O)COc1ccc(Br)cc1. The Morgan fingerprint density at radius 1 is 0.879 bits per heavy atom. The van der Waals surface area contributed by atoms with Crippen LogP contribution in [0.15, 0.2) is 89.4 Å². The third kappa shape index (κ3) is 7.75. The highest BCUT2D eigenvalue weighted by molar-refractivity contribution is 9.10. The summed E-state index contributed by atoms with van der Waals surface area (Å²) in [7, 11) is 0. The van der Waals surface area contributed by atoms with Gasteiger partial charge in [-0.05, 0) is 49.2 Å². The molecule has 0 saturated carbocycles. The first-order valence-electron chi connectivity index (χ1n) is 11.0. The maximum Gasteiger partial charge on any atom is 0.261 e. The lowest BCUT2D eigenvalue weighted by atomic mass is 10.0. The van der Waals surface area contributed by atoms with Gasteiger partial charge < -0.3 is 15.0 Å². The third-order valence-corrected chi connectivity index (χ3v) is 5.60. The van der Waals surface area contributed by atoms with Gasteiger partial charge in [-0.3, -0.25) is 9.59 Å². The summed E-state index contributed by atoms with van der Waals surface area (Å²) in [5.41, 5.74) is 1.94. The van der Waals surface area contributed by atoms with Crippen molar-refractivity contribution < 1.29 is 14.3 Å². The molecule has 1 N–H and O–H groups in total. The van der Waals surface area contributed by atoms with Crippen LogP contribution in [-0.4, -0.2) is 35.4 Å². The number of halogens is 1. The van der Waals surface area contributed by atoms with Crippen molar-refractivity contribution in [3.63, 3.8) is 0 Å². The first kappa shape index (κ1) is 24.5. The molecular formula is C27H29BrN2O3. The fourth-order valence-corrected chi connectivity index (χ4v) is 3.74. The van der Waals surface area contributed by atoms with Gasteiger partial charge in [0.05, 0.1) is 0 Å². The predicted octanol–water partition coefficient (Wildman–Crippen LogP) is 4.99. The van der Waals surface area contributed by atoms with Crippen LogP contribution in [0, 0.1) is 0 Å². The van der Waals surface area contributed by atoms with Crippen LogP contribution in [0.4, 0.5) is 0 Å². The van der Waals surface area contributed by atoms with Gasteiger partial charge in [0.2, 0.25) is 5.91 Å². The van der Waals surface area contributed by atoms with E-state index >= 15 is 0 Å². The monoisotopic (exact) mass is 508 g/mol. The minimum Gasteiger partial charge on any atom is -0.484 e. The van der Waals surface area contributed by atoms with E-state index in [1.54, 1.807) is 17.0 Å². The molecule has 3 aromatic rings. The maximum atomic E-state index is 13.4. The molecule has 0 heterocycles. The molecule has 0 fully saturated rings. The maximum absolute atomic E-state index is 13.4. The van der Waals surface area contributed by atoms with Crippen LogP contribution in [0.1, 0.15) is 25.0 Å². The molecule has 0 bridgehead atoms. The number of rotatable bonds is 10. The summed E-state index contributed by atoms with van der Waals surface area (Å²) in [6.07, 6.45) is 0.413. The number of amides is 2. The van der Waals surface area contributed by atoms with E-state index in [4.69, 9.17) is 4.74 Å². The van der Waals surface area contributed by atoms with Gasteiger partial charge in [-0.1, -0.05) is 76.6 Å². The number of hydrogen-bond acceptors (Lipinski definition) is 3. The van der Waals surface area contributed by atoms with Crippen LogP contribution in [-0.2, 0) is 22.6 Å². The molecule has 0 aromatic heterocycles. The van der Waals surface area contributed by atoms with Crippen LogP contribution in [0.5, 0.6) is 5.75 Å². The van der Waals surface area contributed by atoms with Crippen LogP contribution >= 0.6 is 15.9 Å². The Bertz CT molecular complexity index is 1020. The summed E-state index contributed by atoms with van der Waals surface area (Å²) < 4.78 is 6.69. The highest BCUT2D eigenvalue weighted by Crippen LogP contribution is 2.18. The Labute approximate surface area is 203 Å². The standard InChI is InChI=1S/C27H29BrN2O3/c1-20(2)29-27(32)25(17-21-9-5-3-6-10-21)30(18-22-11-7-4-8-12-22)26(31)19-33-24-15-13-23(28)14-16-24/h3-16,20,25H,17-19H2,1-2H3,(H,29,32). The average Bonchev–Trinajstić information content (AvgIpc) is 2.81. The number of nitrogens with one attached hydrogen (secondary N) is 1. The van der Waals surface area contributed by atoms with Crippen LogP contribution in [0.3, 0.4) is 0 Å². The quantitative estimate of drug-likeness (QED) is 0.419. The molecule has 0 radical (unpaired) electrons. The van der Waals surface area contributed by atoms with Crippen molar-refractivity contribution in [2.45, 2.75) is 38.9 Å². The molecule has 3 aromatic carbocycles. The molecule has 5 nitrogen and oxygen atoms in total. The minimum absolute atomic E-state index is 0.0385. The van der Waals surface area contributed by atoms with Gasteiger partial charge in [0.1, 0.15) is 11.8 Å². The first-order valence-corrected chi connectivity index (χ1v) is 11.8. The summed E-state index contributed by atoms with van der Waals surface area (Å²) in [6, 6.07) is 26.0. The fraction of sp³-hybridized carbons (Fsp3) is 0.259. The molecule has 2 amide bonds. The van der Waals surface area contributed by atoms with E-state index < -0.39 is 6.04 Å². The van der Waals surface area contributed by atoms with Gasteiger partial charge in [0.15, 0.2) is 6.61 Å². The van der Waals surface area contributed by atoms with E-state index in [1.807, 2.05) is 86.6 Å². The zero-order valence-electron chi connectivity index (χ0n) is 18.9. The molecule has 6 heteroatoms. The van der Waals surface area contributed by atoms with Crippen LogP contribution in [0.25, 0.3) is 0 Å². The van der Waals surface area contributed by atoms with Crippen molar-refractivity contribution in [3.8, 4) is 5.75 Å². The van der Waals surface area contributed by atoms with E-state index in [2.05, 4.69) is 21.2 Å². The Kier molecular flexibility index (Phi) is 9.07. The number of ether oxygens (including phenoxy) is 1. The molecule has 0 spiro atoms. The molecule has 0 aliphatic heterocycles. The molecule has 3 rings (SSSR count). The summed E-state index contributed by atoms with van der Waals surface area (Å²) in [5.74, 6) is 0.167. The Morgan fingerprint density at radius 2 is 1.45 bits per heavy atom. The number of nitrogens with zero attached hydrogens (tertiary/aromatic N) is 1. The second-order valence-electron chi connectivity index (χ2n) is 8.12. The van der Waals surface area contributed by atoms with Crippen LogP contribution < -0.4 is 10.1 Å². The van der Waals surface area contributed by atoms with Crippen molar-refractivity contribution in [1.29, 1.82) is 0 Å². The molecular weight excluding hydrogens is 480 g/mol. The van der Waals surface area contributed by atoms with Crippen molar-refractivity contribution in [3.05, 3.63) is 101 Å². The molecule has 1 unspecified atom stereocenters. The van der Waals surface area contributed by atoms with E-state index in [1.165, 1.54) is 0 Å². The summed E-state index contributed by atoms with van der Waals surface area (Å²) in [5, 5.41) is 2.99. The number of carbonyl (C=O) groups excluding carboxylic acids is 2. The molecule has 0 aliphatic rings. The average molecular weight is 509 g/mol. The lowest BCUT2D eigenvalue weighted by Crippen LogP contribution is -2.52. The molecule has 172 valence electrons. The molecule has 0 aliphatic carbocycles. The zero-order chi connectivity index (χ0) is 23.6. The van der Waals surface area contributed by atoms with Gasteiger partial charge in [0.25, 0.3) is 5.91 Å². The van der Waals surface area contributed by atoms with Crippen molar-refractivity contribution in [2.75, 3.05) is 6.61 Å². The van der Waals surface area contributed by atoms with E-state index in [-0.39, 0.29) is 24.5 Å². The van der Waals surface area contributed by atoms with Crippen molar-refractivity contribution in [1.82, 2.24) is 10.2 Å². The molecule has 1 atom stereocenters. The molecule has 0 saturated heterocycles. The first-order chi connectivity index (χ1) is 15.9. The fourth-order valence-electron chi connectivity index (χ4n) is 3.47. The third-order valence-electron chi connectivity index (χ3n) is 5.07. The second-order valence-corrected chi connectivity index (χ2v) is 9.03. The van der Waals surface area contributed by atoms with Gasteiger partial charge in [-0.15, -0.1) is 0 Å². The van der Waals surface area contributed by atoms with E-state index in [0.717, 1.165) is 15.6 Å². The number of carbonyl (C=O) groups is 2. The van der Waals surface area contributed by atoms with Gasteiger partial charge in [0, 0.05) is 23.5 Å². The van der Waals surface area contributed by atoms with Crippen molar-refractivity contribution in [2.24, 2.45) is 0 Å². The Balaban J connectivity index is 1.87. The van der Waals surface area contributed by atoms with Crippen molar-refractivity contribution >= 4 is 27.7 Å². The predicted molar refractivity (Wildman–Crippen MR) is 134 cm³/mol. The lowest BCUT2D eigenvalue weighted by Gasteiger charge is -2.32. The zero-order valence-corrected chi connectivity index (χ0v) is 20.5. The Morgan fingerprint density at radius 3 is 2.03 bits per heavy atom. The van der Waals surface area contributed by atoms with Gasteiger partial charge in [-0.25, -0.2) is 0 Å². The second kappa shape index (κ2) is 12.2. The summed E-state index contributed by atoms with van der Waals surface area (Å²) >= 11 is 3.40. The highest BCUT2D eigenvalue weighted by atomic mass is 79.9. The largest absolute Gasteiger partial charge is 0.484 e. The smallest absolute Gasteiger partial charge is 0.261 e. The minimum atomic E-state index is -0.670.